The Kier molecular flexibility index (Phi) is 2.98. The first-order valence-electron chi connectivity index (χ1n) is 6.28. The highest BCUT2D eigenvalue weighted by Crippen LogP contribution is 2.29. The number of anilines is 1. The van der Waals surface area contributed by atoms with Gasteiger partial charge in [-0.05, 0) is 19.1 Å². The molecule has 0 unspecified atom stereocenters. The van der Waals surface area contributed by atoms with Crippen LogP contribution >= 0.6 is 0 Å². The minimum absolute atomic E-state index is 0.238. The highest BCUT2D eigenvalue weighted by atomic mass is 16.1. The van der Waals surface area contributed by atoms with Gasteiger partial charge in [-0.25, -0.2) is 10.5 Å². The molecular weight excluding hydrogens is 270 g/mol. The van der Waals surface area contributed by atoms with Crippen LogP contribution in [0.1, 0.15) is 5.82 Å². The minimum atomic E-state index is -0.238. The van der Waals surface area contributed by atoms with Crippen molar-refractivity contribution < 1.29 is 0 Å². The molecule has 0 fully saturated rings. The molecule has 3 aromatic rings. The van der Waals surface area contributed by atoms with E-state index in [1.807, 2.05) is 6.07 Å². The molecule has 0 aliphatic carbocycles. The number of aryl methyl sites for hydroxylation is 1. The van der Waals surface area contributed by atoms with Crippen molar-refractivity contribution in [2.45, 2.75) is 6.92 Å². The first kappa shape index (κ1) is 13.0. The fourth-order valence-electron chi connectivity index (χ4n) is 2.13. The van der Waals surface area contributed by atoms with Crippen molar-refractivity contribution >= 4 is 17.2 Å². The predicted octanol–water partition coefficient (Wildman–Crippen LogP) is 2.10. The van der Waals surface area contributed by atoms with Crippen LogP contribution in [0.5, 0.6) is 0 Å². The maximum absolute atomic E-state index is 12.0. The molecule has 0 radical (unpaired) electrons. The summed E-state index contributed by atoms with van der Waals surface area (Å²) in [7, 11) is 1.76. The molecular formula is C13H13N7O. The highest BCUT2D eigenvalue weighted by Gasteiger charge is 2.09. The van der Waals surface area contributed by atoms with Gasteiger partial charge in [-0.15, -0.1) is 0 Å². The minimum Gasteiger partial charge on any atom is -0.386 e. The molecule has 0 aliphatic rings. The molecule has 0 bridgehead atoms. The van der Waals surface area contributed by atoms with E-state index in [1.165, 1.54) is 10.6 Å². The van der Waals surface area contributed by atoms with Crippen LogP contribution in [0.15, 0.2) is 34.2 Å². The van der Waals surface area contributed by atoms with Crippen LogP contribution in [0.4, 0.5) is 11.4 Å². The Labute approximate surface area is 119 Å². The van der Waals surface area contributed by atoms with Crippen molar-refractivity contribution in [3.8, 4) is 11.3 Å². The van der Waals surface area contributed by atoms with Crippen molar-refractivity contribution in [3.63, 3.8) is 0 Å². The van der Waals surface area contributed by atoms with E-state index in [0.29, 0.717) is 28.5 Å². The lowest BCUT2D eigenvalue weighted by Crippen LogP contribution is -2.14. The van der Waals surface area contributed by atoms with Crippen LogP contribution < -0.4 is 10.9 Å². The fraction of sp³-hybridized carbons (Fsp3) is 0.154. The normalized spacial score (nSPS) is 10.8. The first-order valence-corrected chi connectivity index (χ1v) is 6.28. The van der Waals surface area contributed by atoms with Crippen LogP contribution in [-0.2, 0) is 0 Å². The van der Waals surface area contributed by atoms with Crippen LogP contribution in [0.3, 0.4) is 0 Å². The number of aromatic amines is 1. The number of hydrogen-bond donors (Lipinski definition) is 3. The van der Waals surface area contributed by atoms with Crippen molar-refractivity contribution in [3.05, 3.63) is 40.4 Å². The summed E-state index contributed by atoms with van der Waals surface area (Å²) < 4.78 is 1.29. The second-order valence-electron chi connectivity index (χ2n) is 4.52. The zero-order chi connectivity index (χ0) is 15.0. The van der Waals surface area contributed by atoms with Gasteiger partial charge in [0.05, 0.1) is 11.4 Å². The fourth-order valence-corrected chi connectivity index (χ4v) is 2.13. The van der Waals surface area contributed by atoms with E-state index in [0.717, 1.165) is 5.69 Å². The summed E-state index contributed by atoms with van der Waals surface area (Å²) in [6.45, 7) is 1.76. The molecule has 106 valence electrons. The summed E-state index contributed by atoms with van der Waals surface area (Å²) in [5.74, 6) is 0.932. The molecule has 3 N–H and O–H groups in total. The van der Waals surface area contributed by atoms with Crippen molar-refractivity contribution in [2.24, 2.45) is 5.11 Å². The molecule has 8 nitrogen and oxygen atoms in total. The van der Waals surface area contributed by atoms with E-state index in [4.69, 9.17) is 5.53 Å². The van der Waals surface area contributed by atoms with Crippen molar-refractivity contribution in [2.75, 3.05) is 12.4 Å². The van der Waals surface area contributed by atoms with Crippen molar-refractivity contribution in [1.29, 1.82) is 5.53 Å². The van der Waals surface area contributed by atoms with Crippen LogP contribution in [0.25, 0.3) is 17.0 Å². The molecule has 0 saturated carbocycles. The lowest BCUT2D eigenvalue weighted by Gasteiger charge is -2.06. The Bertz CT molecular complexity index is 893. The molecule has 21 heavy (non-hydrogen) atoms. The third-order valence-electron chi connectivity index (χ3n) is 3.13. The monoisotopic (exact) mass is 283 g/mol. The summed E-state index contributed by atoms with van der Waals surface area (Å²) >= 11 is 0. The average Bonchev–Trinajstić information content (AvgIpc) is 2.87. The lowest BCUT2D eigenvalue weighted by atomic mass is 10.1. The maximum Gasteiger partial charge on any atom is 0.274 e. The summed E-state index contributed by atoms with van der Waals surface area (Å²) in [4.78, 5) is 20.6. The SMILES string of the molecule is CNc1ccc(-c2cc(=O)n3[nH]c(C)nc3n2)cc1N=N. The van der Waals surface area contributed by atoms with E-state index in [9.17, 15) is 4.79 Å². The number of nitrogens with zero attached hydrogens (tertiary/aromatic N) is 4. The third kappa shape index (κ3) is 2.16. The quantitative estimate of drug-likeness (QED) is 0.639. The molecule has 2 heterocycles. The third-order valence-corrected chi connectivity index (χ3v) is 3.13. The van der Waals surface area contributed by atoms with Gasteiger partial charge in [0, 0.05) is 18.7 Å². The van der Waals surface area contributed by atoms with Crippen molar-refractivity contribution in [1.82, 2.24) is 19.6 Å². The lowest BCUT2D eigenvalue weighted by molar-refractivity contribution is 0.882. The number of nitrogens with one attached hydrogen (secondary N) is 3. The van der Waals surface area contributed by atoms with Gasteiger partial charge in [-0.1, -0.05) is 6.07 Å². The second kappa shape index (κ2) is 4.82. The van der Waals surface area contributed by atoms with Crippen LogP contribution in [0, 0.1) is 12.5 Å². The van der Waals surface area contributed by atoms with Gasteiger partial charge in [0.25, 0.3) is 11.3 Å². The molecule has 0 atom stereocenters. The Morgan fingerprint density at radius 2 is 2.14 bits per heavy atom. The largest absolute Gasteiger partial charge is 0.386 e. The standard InChI is InChI=1S/C13H13N7O/c1-7-16-13-17-10(6-12(21)20(13)19-7)8-3-4-9(15-2)11(5-8)18-14/h3-6,14-15H,1-2H3,(H,16,17,19). The molecule has 0 aliphatic heterocycles. The summed E-state index contributed by atoms with van der Waals surface area (Å²) in [6, 6.07) is 6.74. The summed E-state index contributed by atoms with van der Waals surface area (Å²) in [5, 5.41) is 9.24. The smallest absolute Gasteiger partial charge is 0.274 e. The molecule has 0 spiro atoms. The van der Waals surface area contributed by atoms with E-state index in [2.05, 4.69) is 25.5 Å². The number of rotatable bonds is 3. The van der Waals surface area contributed by atoms with Gasteiger partial charge in [-0.3, -0.25) is 9.89 Å². The zero-order valence-corrected chi connectivity index (χ0v) is 11.5. The van der Waals surface area contributed by atoms with E-state index >= 15 is 0 Å². The van der Waals surface area contributed by atoms with Gasteiger partial charge < -0.3 is 5.32 Å². The van der Waals surface area contributed by atoms with E-state index in [-0.39, 0.29) is 5.56 Å². The predicted molar refractivity (Wildman–Crippen MR) is 78.1 cm³/mol. The van der Waals surface area contributed by atoms with Gasteiger partial charge in [0.15, 0.2) is 0 Å². The number of fused-ring (bicyclic) bond motifs is 1. The van der Waals surface area contributed by atoms with Crippen LogP contribution in [-0.4, -0.2) is 26.6 Å². The van der Waals surface area contributed by atoms with Gasteiger partial charge >= 0.3 is 0 Å². The molecule has 1 aromatic carbocycles. The molecule has 3 rings (SSSR count). The average molecular weight is 283 g/mol. The number of benzene rings is 1. The van der Waals surface area contributed by atoms with E-state index in [1.54, 1.807) is 26.1 Å². The van der Waals surface area contributed by atoms with E-state index < -0.39 is 0 Å². The maximum atomic E-state index is 12.0. The molecule has 2 aromatic heterocycles. The van der Waals surface area contributed by atoms with Gasteiger partial charge in [0.1, 0.15) is 11.5 Å². The summed E-state index contributed by atoms with van der Waals surface area (Å²) in [5.41, 5.74) is 9.39. The molecule has 0 amide bonds. The summed E-state index contributed by atoms with van der Waals surface area (Å²) in [6.07, 6.45) is 0. The number of H-pyrrole nitrogens is 1. The number of aromatic nitrogens is 4. The highest BCUT2D eigenvalue weighted by molar-refractivity contribution is 5.74. The Morgan fingerprint density at radius 1 is 1.33 bits per heavy atom. The Balaban J connectivity index is 2.20. The van der Waals surface area contributed by atoms with Gasteiger partial charge in [-0.2, -0.15) is 14.6 Å². The number of hydrogen-bond acceptors (Lipinski definition) is 6. The first-order chi connectivity index (χ1) is 10.1. The second-order valence-corrected chi connectivity index (χ2v) is 4.52. The van der Waals surface area contributed by atoms with Gasteiger partial charge in [0.2, 0.25) is 0 Å². The zero-order valence-electron chi connectivity index (χ0n) is 11.5. The Morgan fingerprint density at radius 3 is 2.86 bits per heavy atom. The Hall–Kier alpha value is -3.03. The topological polar surface area (TPSA) is 111 Å². The van der Waals surface area contributed by atoms with Crippen LogP contribution in [0.2, 0.25) is 0 Å². The molecule has 8 heteroatoms. The molecule has 0 saturated heterocycles.